The highest BCUT2D eigenvalue weighted by Crippen LogP contribution is 2.25. The zero-order valence-electron chi connectivity index (χ0n) is 17.1. The first-order chi connectivity index (χ1) is 15.3. The van der Waals surface area contributed by atoms with Crippen molar-refractivity contribution in [3.8, 4) is 23.6 Å². The highest BCUT2D eigenvalue weighted by molar-refractivity contribution is 5.84. The van der Waals surface area contributed by atoms with Crippen molar-refractivity contribution in [1.82, 2.24) is 4.57 Å². The largest absolute Gasteiger partial charge is 0.494 e. The van der Waals surface area contributed by atoms with E-state index in [0.717, 1.165) is 40.0 Å². The molecule has 5 heteroatoms. The summed E-state index contributed by atoms with van der Waals surface area (Å²) in [7, 11) is 0. The molecule has 4 aromatic rings. The molecule has 1 aromatic heterocycles. The van der Waals surface area contributed by atoms with Crippen molar-refractivity contribution in [2.45, 2.75) is 19.4 Å². The van der Waals surface area contributed by atoms with Crippen molar-refractivity contribution in [3.63, 3.8) is 0 Å². The lowest BCUT2D eigenvalue weighted by molar-refractivity contribution is 0.312. The van der Waals surface area contributed by atoms with Gasteiger partial charge in [-0.1, -0.05) is 30.3 Å². The number of ether oxygens (including phenoxy) is 1. The van der Waals surface area contributed by atoms with Crippen LogP contribution >= 0.6 is 0 Å². The average molecular weight is 406 g/mol. The minimum absolute atomic E-state index is 0.506. The molecule has 0 unspecified atom stereocenters. The smallest absolute Gasteiger partial charge is 0.125 e. The molecule has 4 rings (SSSR count). The van der Waals surface area contributed by atoms with Crippen LogP contribution in [0.15, 0.2) is 78.9 Å². The molecule has 0 saturated carbocycles. The monoisotopic (exact) mass is 406 g/mol. The number of nitrogens with zero attached hydrogens (tertiary/aromatic N) is 3. The Morgan fingerprint density at radius 2 is 1.74 bits per heavy atom. The summed E-state index contributed by atoms with van der Waals surface area (Å²) < 4.78 is 7.69. The molecule has 0 bridgehead atoms. The van der Waals surface area contributed by atoms with E-state index in [0.29, 0.717) is 25.3 Å². The van der Waals surface area contributed by atoms with Crippen LogP contribution in [0.4, 0.5) is 5.69 Å². The third-order valence-corrected chi connectivity index (χ3v) is 5.05. The van der Waals surface area contributed by atoms with E-state index in [1.165, 1.54) is 0 Å². The van der Waals surface area contributed by atoms with Crippen LogP contribution in [-0.4, -0.2) is 11.2 Å². The molecule has 5 nitrogen and oxygen atoms in total. The van der Waals surface area contributed by atoms with Crippen LogP contribution in [0.2, 0.25) is 0 Å². The summed E-state index contributed by atoms with van der Waals surface area (Å²) in [6.07, 6.45) is 1.24. The van der Waals surface area contributed by atoms with E-state index in [9.17, 15) is 5.26 Å². The lowest BCUT2D eigenvalue weighted by Crippen LogP contribution is -2.02. The van der Waals surface area contributed by atoms with Crippen molar-refractivity contribution in [2.75, 3.05) is 11.9 Å². The van der Waals surface area contributed by atoms with Gasteiger partial charge in [0.05, 0.1) is 18.2 Å². The lowest BCUT2D eigenvalue weighted by atomic mass is 10.2. The highest BCUT2D eigenvalue weighted by atomic mass is 16.5. The fourth-order valence-corrected chi connectivity index (χ4v) is 3.53. The molecule has 31 heavy (non-hydrogen) atoms. The molecule has 0 spiro atoms. The fraction of sp³-hybridized carbons (Fsp3) is 0.154. The van der Waals surface area contributed by atoms with Gasteiger partial charge >= 0.3 is 0 Å². The van der Waals surface area contributed by atoms with Crippen LogP contribution in [0.1, 0.15) is 24.1 Å². The molecule has 0 atom stereocenters. The van der Waals surface area contributed by atoms with E-state index >= 15 is 0 Å². The summed E-state index contributed by atoms with van der Waals surface area (Å²) >= 11 is 0. The second kappa shape index (κ2) is 9.52. The first-order valence-corrected chi connectivity index (χ1v) is 10.2. The Morgan fingerprint density at radius 3 is 2.55 bits per heavy atom. The molecular weight excluding hydrogens is 384 g/mol. The molecule has 0 aliphatic rings. The predicted molar refractivity (Wildman–Crippen MR) is 122 cm³/mol. The van der Waals surface area contributed by atoms with Crippen molar-refractivity contribution in [3.05, 3.63) is 90.1 Å². The van der Waals surface area contributed by atoms with Gasteiger partial charge in [-0.05, 0) is 60.5 Å². The fourth-order valence-electron chi connectivity index (χ4n) is 3.53. The van der Waals surface area contributed by atoms with E-state index in [4.69, 9.17) is 10.00 Å². The molecule has 0 fully saturated rings. The number of hydrogen-bond donors (Lipinski definition) is 1. The number of fused-ring (bicyclic) bond motifs is 1. The lowest BCUT2D eigenvalue weighted by Gasteiger charge is -2.11. The Hall–Kier alpha value is -4.22. The molecule has 0 radical (unpaired) electrons. The van der Waals surface area contributed by atoms with Crippen molar-refractivity contribution < 1.29 is 4.74 Å². The molecule has 152 valence electrons. The number of aromatic nitrogens is 1. The Kier molecular flexibility index (Phi) is 6.16. The van der Waals surface area contributed by atoms with Gasteiger partial charge in [0, 0.05) is 29.7 Å². The Balaban J connectivity index is 1.44. The summed E-state index contributed by atoms with van der Waals surface area (Å²) in [5.74, 6) is 0.816. The van der Waals surface area contributed by atoms with E-state index in [1.807, 2.05) is 77.4 Å². The molecular formula is C26H22N4O. The van der Waals surface area contributed by atoms with Gasteiger partial charge in [0.15, 0.2) is 0 Å². The SMILES string of the molecule is N#CCCCOc1cccc(CNc2ccc(-n3c(C#N)cc4ccccc43)cc2)c1. The zero-order chi connectivity index (χ0) is 21.5. The molecule has 1 heterocycles. The maximum atomic E-state index is 9.54. The zero-order valence-corrected chi connectivity index (χ0v) is 17.1. The second-order valence-corrected chi connectivity index (χ2v) is 7.19. The minimum Gasteiger partial charge on any atom is -0.494 e. The van der Waals surface area contributed by atoms with Gasteiger partial charge in [0.1, 0.15) is 17.5 Å². The number of unbranched alkanes of at least 4 members (excludes halogenated alkanes) is 1. The Morgan fingerprint density at radius 1 is 0.903 bits per heavy atom. The number of hydrogen-bond acceptors (Lipinski definition) is 4. The Bertz CT molecular complexity index is 1260. The predicted octanol–water partition coefficient (Wildman–Crippen LogP) is 5.80. The van der Waals surface area contributed by atoms with Gasteiger partial charge in [-0.15, -0.1) is 0 Å². The molecule has 0 saturated heterocycles. The second-order valence-electron chi connectivity index (χ2n) is 7.19. The maximum absolute atomic E-state index is 9.54. The van der Waals surface area contributed by atoms with Gasteiger partial charge in [0.2, 0.25) is 0 Å². The van der Waals surface area contributed by atoms with E-state index < -0.39 is 0 Å². The van der Waals surface area contributed by atoms with E-state index in [2.05, 4.69) is 23.5 Å². The normalized spacial score (nSPS) is 10.4. The molecule has 0 aliphatic carbocycles. The van der Waals surface area contributed by atoms with Crippen LogP contribution in [0.3, 0.4) is 0 Å². The molecule has 0 aliphatic heterocycles. The van der Waals surface area contributed by atoms with Crippen molar-refractivity contribution >= 4 is 16.6 Å². The number of nitriles is 2. The van der Waals surface area contributed by atoms with Gasteiger partial charge in [0.25, 0.3) is 0 Å². The van der Waals surface area contributed by atoms with Crippen molar-refractivity contribution in [1.29, 1.82) is 10.5 Å². The summed E-state index contributed by atoms with van der Waals surface area (Å²) in [5, 5.41) is 22.6. The van der Waals surface area contributed by atoms with Gasteiger partial charge in [-0.2, -0.15) is 10.5 Å². The van der Waals surface area contributed by atoms with Crippen LogP contribution in [0, 0.1) is 22.7 Å². The number of benzene rings is 3. The topological polar surface area (TPSA) is 73.8 Å². The third-order valence-electron chi connectivity index (χ3n) is 5.05. The number of nitrogens with one attached hydrogen (secondary N) is 1. The molecule has 0 amide bonds. The standard InChI is InChI=1S/C26H22N4O/c27-14-3-4-15-31-25-8-5-6-20(16-25)19-29-22-10-12-23(13-11-22)30-24(18-28)17-21-7-1-2-9-26(21)30/h1-2,5-13,16-17,29H,3-4,15,19H2. The number of anilines is 1. The summed E-state index contributed by atoms with van der Waals surface area (Å²) in [6, 6.07) is 30.4. The van der Waals surface area contributed by atoms with Crippen LogP contribution in [0.25, 0.3) is 16.6 Å². The third kappa shape index (κ3) is 4.69. The van der Waals surface area contributed by atoms with Gasteiger partial charge in [-0.3, -0.25) is 0 Å². The first-order valence-electron chi connectivity index (χ1n) is 10.2. The van der Waals surface area contributed by atoms with Crippen molar-refractivity contribution in [2.24, 2.45) is 0 Å². The maximum Gasteiger partial charge on any atom is 0.125 e. The van der Waals surface area contributed by atoms with Gasteiger partial charge in [-0.25, -0.2) is 0 Å². The summed E-state index contributed by atoms with van der Waals surface area (Å²) in [4.78, 5) is 0. The van der Waals surface area contributed by atoms with E-state index in [1.54, 1.807) is 0 Å². The van der Waals surface area contributed by atoms with Crippen LogP contribution < -0.4 is 10.1 Å². The number of rotatable bonds is 8. The quantitative estimate of drug-likeness (QED) is 0.376. The highest BCUT2D eigenvalue weighted by Gasteiger charge is 2.09. The van der Waals surface area contributed by atoms with E-state index in [-0.39, 0.29) is 0 Å². The Labute approximate surface area is 181 Å². The van der Waals surface area contributed by atoms with Crippen LogP contribution in [0.5, 0.6) is 5.75 Å². The number of para-hydroxylation sites is 1. The summed E-state index contributed by atoms with van der Waals surface area (Å²) in [5.41, 5.74) is 4.71. The van der Waals surface area contributed by atoms with Crippen LogP contribution in [-0.2, 0) is 6.54 Å². The van der Waals surface area contributed by atoms with Gasteiger partial charge < -0.3 is 14.6 Å². The molecule has 3 aromatic carbocycles. The minimum atomic E-state index is 0.506. The first kappa shape index (κ1) is 20.1. The summed E-state index contributed by atoms with van der Waals surface area (Å²) in [6.45, 7) is 1.22. The molecule has 1 N–H and O–H groups in total. The average Bonchev–Trinajstić information content (AvgIpc) is 3.20.